The van der Waals surface area contributed by atoms with Gasteiger partial charge >= 0.3 is 5.56 Å². The average molecular weight is 512 g/mol. The molecule has 0 aliphatic carbocycles. The zero-order chi connectivity index (χ0) is 21.3. The van der Waals surface area contributed by atoms with Gasteiger partial charge in [0.25, 0.3) is 0 Å². The molecule has 1 aliphatic rings. The molecule has 6 nitrogen and oxygen atoms in total. The van der Waals surface area contributed by atoms with Crippen LogP contribution in [-0.4, -0.2) is 23.5 Å². The van der Waals surface area contributed by atoms with Crippen molar-refractivity contribution in [3.63, 3.8) is 0 Å². The highest BCUT2D eigenvalue weighted by Crippen LogP contribution is 2.40. The van der Waals surface area contributed by atoms with Crippen LogP contribution in [0, 0.1) is 0 Å². The summed E-state index contributed by atoms with van der Waals surface area (Å²) in [5.41, 5.74) is 1.19. The van der Waals surface area contributed by atoms with E-state index in [-0.39, 0.29) is 29.5 Å². The van der Waals surface area contributed by atoms with Crippen molar-refractivity contribution in [3.05, 3.63) is 72.4 Å². The Bertz CT molecular complexity index is 1130. The Labute approximate surface area is 191 Å². The average Bonchev–Trinajstić information content (AvgIpc) is 2.74. The fourth-order valence-electron chi connectivity index (χ4n) is 3.17. The van der Waals surface area contributed by atoms with Crippen LogP contribution in [0.2, 0.25) is 10.0 Å². The molecule has 0 radical (unpaired) electrons. The Balaban J connectivity index is 1.76. The van der Waals surface area contributed by atoms with Crippen LogP contribution in [0.4, 0.5) is 0 Å². The lowest BCUT2D eigenvalue weighted by Crippen LogP contribution is -2.29. The predicted molar refractivity (Wildman–Crippen MR) is 119 cm³/mol. The second kappa shape index (κ2) is 8.88. The lowest BCUT2D eigenvalue weighted by Gasteiger charge is -2.21. The van der Waals surface area contributed by atoms with Gasteiger partial charge in [-0.1, -0.05) is 51.3 Å². The predicted octanol–water partition coefficient (Wildman–Crippen LogP) is 5.49. The summed E-state index contributed by atoms with van der Waals surface area (Å²) in [7, 11) is 1.60. The maximum atomic E-state index is 13.0. The normalized spacial score (nSPS) is 12.8. The van der Waals surface area contributed by atoms with Crippen LogP contribution in [0.3, 0.4) is 0 Å². The van der Waals surface area contributed by atoms with Crippen molar-refractivity contribution >= 4 is 39.1 Å². The molecule has 0 bridgehead atoms. The smallest absolute Gasteiger partial charge is 0.309 e. The second-order valence-corrected chi connectivity index (χ2v) is 8.41. The van der Waals surface area contributed by atoms with E-state index >= 15 is 0 Å². The van der Waals surface area contributed by atoms with E-state index in [9.17, 15) is 4.79 Å². The van der Waals surface area contributed by atoms with Crippen molar-refractivity contribution in [1.29, 1.82) is 0 Å². The molecule has 0 N–H and O–H groups in total. The fraction of sp³-hybridized carbons (Fsp3) is 0.238. The van der Waals surface area contributed by atoms with Gasteiger partial charge in [0.05, 0.1) is 35.9 Å². The topological polar surface area (TPSA) is 62.6 Å². The number of rotatable bonds is 5. The molecule has 1 aromatic heterocycles. The first-order chi connectivity index (χ1) is 14.5. The van der Waals surface area contributed by atoms with Crippen LogP contribution in [0.25, 0.3) is 0 Å². The third-order valence-electron chi connectivity index (χ3n) is 4.64. The SMILES string of the molecule is COc1ccc(Cn2nc(Oc3c(Cl)cc(Br)cc3Cl)c3c(c2=O)OCCC3)cc1. The molecule has 2 aromatic carbocycles. The standard InChI is InChI=1S/C21H17BrCl2N2O4/c1-28-14-6-4-12(5-7-14)11-26-21(27)18-15(3-2-8-29-18)20(25-26)30-19-16(23)9-13(22)10-17(19)24/h4-7,9-10H,2-3,8,11H2,1H3. The van der Waals surface area contributed by atoms with Crippen molar-refractivity contribution < 1.29 is 14.2 Å². The third kappa shape index (κ3) is 4.29. The number of fused-ring (bicyclic) bond motifs is 1. The zero-order valence-electron chi connectivity index (χ0n) is 16.0. The van der Waals surface area contributed by atoms with Gasteiger partial charge in [-0.3, -0.25) is 4.79 Å². The molecule has 1 aliphatic heterocycles. The van der Waals surface area contributed by atoms with Crippen molar-refractivity contribution in [2.45, 2.75) is 19.4 Å². The van der Waals surface area contributed by atoms with E-state index in [1.54, 1.807) is 19.2 Å². The largest absolute Gasteiger partial charge is 0.497 e. The Morgan fingerprint density at radius 1 is 1.20 bits per heavy atom. The number of hydrogen-bond donors (Lipinski definition) is 0. The Kier molecular flexibility index (Phi) is 6.22. The van der Waals surface area contributed by atoms with Gasteiger partial charge in [-0.25, -0.2) is 4.68 Å². The minimum Gasteiger partial charge on any atom is -0.497 e. The number of aromatic nitrogens is 2. The quantitative estimate of drug-likeness (QED) is 0.453. The molecular formula is C21H17BrCl2N2O4. The maximum Gasteiger partial charge on any atom is 0.309 e. The minimum absolute atomic E-state index is 0.248. The molecule has 0 spiro atoms. The van der Waals surface area contributed by atoms with Crippen LogP contribution in [-0.2, 0) is 13.0 Å². The molecule has 0 atom stereocenters. The van der Waals surface area contributed by atoms with Crippen molar-refractivity contribution in [2.24, 2.45) is 0 Å². The summed E-state index contributed by atoms with van der Waals surface area (Å²) >= 11 is 16.0. The van der Waals surface area contributed by atoms with Crippen molar-refractivity contribution in [2.75, 3.05) is 13.7 Å². The van der Waals surface area contributed by atoms with Gasteiger partial charge in [-0.15, -0.1) is 5.10 Å². The van der Waals surface area contributed by atoms with Gasteiger partial charge in [0.1, 0.15) is 5.75 Å². The number of nitrogens with zero attached hydrogens (tertiary/aromatic N) is 2. The van der Waals surface area contributed by atoms with E-state index in [2.05, 4.69) is 21.0 Å². The number of ether oxygens (including phenoxy) is 3. The number of methoxy groups -OCH3 is 1. The second-order valence-electron chi connectivity index (χ2n) is 6.68. The summed E-state index contributed by atoms with van der Waals surface area (Å²) in [6.07, 6.45) is 1.37. The Morgan fingerprint density at radius 3 is 2.57 bits per heavy atom. The first kappa shape index (κ1) is 21.0. The summed E-state index contributed by atoms with van der Waals surface area (Å²) in [6, 6.07) is 10.8. The molecule has 0 unspecified atom stereocenters. The highest BCUT2D eigenvalue weighted by atomic mass is 79.9. The maximum absolute atomic E-state index is 13.0. The van der Waals surface area contributed by atoms with Crippen molar-refractivity contribution in [1.82, 2.24) is 9.78 Å². The summed E-state index contributed by atoms with van der Waals surface area (Å²) in [5, 5.41) is 5.12. The highest BCUT2D eigenvalue weighted by molar-refractivity contribution is 9.10. The Hall–Kier alpha value is -2.22. The summed E-state index contributed by atoms with van der Waals surface area (Å²) in [6.45, 7) is 0.714. The van der Waals surface area contributed by atoms with Crippen LogP contribution in [0.15, 0.2) is 45.7 Å². The van der Waals surface area contributed by atoms with E-state index in [0.717, 1.165) is 22.2 Å². The van der Waals surface area contributed by atoms with E-state index in [0.29, 0.717) is 28.6 Å². The first-order valence-corrected chi connectivity index (χ1v) is 10.7. The van der Waals surface area contributed by atoms with Crippen LogP contribution in [0.5, 0.6) is 23.1 Å². The van der Waals surface area contributed by atoms with Gasteiger partial charge < -0.3 is 14.2 Å². The van der Waals surface area contributed by atoms with Gasteiger partial charge in [-0.2, -0.15) is 0 Å². The number of halogens is 3. The summed E-state index contributed by atoms with van der Waals surface area (Å²) in [4.78, 5) is 13.0. The molecule has 0 saturated heterocycles. The van der Waals surface area contributed by atoms with Gasteiger partial charge in [0.15, 0.2) is 11.5 Å². The molecule has 2 heterocycles. The van der Waals surface area contributed by atoms with E-state index in [4.69, 9.17) is 37.4 Å². The third-order valence-corrected chi connectivity index (χ3v) is 5.66. The molecular weight excluding hydrogens is 495 g/mol. The van der Waals surface area contributed by atoms with Gasteiger partial charge in [0, 0.05) is 4.47 Å². The van der Waals surface area contributed by atoms with E-state index < -0.39 is 0 Å². The molecule has 0 amide bonds. The zero-order valence-corrected chi connectivity index (χ0v) is 19.1. The van der Waals surface area contributed by atoms with E-state index in [1.807, 2.05) is 24.3 Å². The van der Waals surface area contributed by atoms with Crippen LogP contribution >= 0.6 is 39.1 Å². The first-order valence-electron chi connectivity index (χ1n) is 9.18. The number of hydrogen-bond acceptors (Lipinski definition) is 5. The molecule has 3 aromatic rings. The summed E-state index contributed by atoms with van der Waals surface area (Å²) < 4.78 is 18.9. The number of benzene rings is 2. The Morgan fingerprint density at radius 2 is 1.90 bits per heavy atom. The molecule has 30 heavy (non-hydrogen) atoms. The lowest BCUT2D eigenvalue weighted by atomic mass is 10.1. The van der Waals surface area contributed by atoms with Gasteiger partial charge in [-0.05, 0) is 42.7 Å². The van der Waals surface area contributed by atoms with Gasteiger partial charge in [0.2, 0.25) is 5.88 Å². The molecule has 0 fully saturated rings. The van der Waals surface area contributed by atoms with E-state index in [1.165, 1.54) is 4.68 Å². The molecule has 0 saturated carbocycles. The highest BCUT2D eigenvalue weighted by Gasteiger charge is 2.25. The lowest BCUT2D eigenvalue weighted by molar-refractivity contribution is 0.271. The van der Waals surface area contributed by atoms with Crippen molar-refractivity contribution in [3.8, 4) is 23.1 Å². The summed E-state index contributed by atoms with van der Waals surface area (Å²) in [5.74, 6) is 1.51. The molecule has 156 valence electrons. The fourth-order valence-corrected chi connectivity index (χ4v) is 4.45. The minimum atomic E-state index is -0.305. The van der Waals surface area contributed by atoms with Crippen LogP contribution in [0.1, 0.15) is 17.5 Å². The molecule has 9 heteroatoms. The molecule has 4 rings (SSSR count). The monoisotopic (exact) mass is 510 g/mol. The van der Waals surface area contributed by atoms with Crippen LogP contribution < -0.4 is 19.8 Å².